The van der Waals surface area contributed by atoms with Crippen LogP contribution in [0.3, 0.4) is 0 Å². The van der Waals surface area contributed by atoms with E-state index in [4.69, 9.17) is 0 Å². The minimum absolute atomic E-state index is 0.00189. The number of rotatable bonds is 6. The van der Waals surface area contributed by atoms with Crippen molar-refractivity contribution in [2.24, 2.45) is 0 Å². The fourth-order valence-corrected chi connectivity index (χ4v) is 4.94. The van der Waals surface area contributed by atoms with Crippen molar-refractivity contribution in [2.75, 3.05) is 36.4 Å². The number of benzene rings is 1. The molecule has 3 heterocycles. The monoisotopic (exact) mass is 467 g/mol. The van der Waals surface area contributed by atoms with Crippen molar-refractivity contribution >= 4 is 23.0 Å². The summed E-state index contributed by atoms with van der Waals surface area (Å²) in [5.41, 5.74) is 6.34. The van der Waals surface area contributed by atoms with Crippen LogP contribution in [-0.2, 0) is 11.3 Å². The second-order valence-corrected chi connectivity index (χ2v) is 9.47. The van der Waals surface area contributed by atoms with Gasteiger partial charge in [-0.25, -0.2) is 4.98 Å². The molecule has 1 fully saturated rings. The van der Waals surface area contributed by atoms with Gasteiger partial charge < -0.3 is 10.2 Å². The number of amides is 1. The molecule has 0 atom stereocenters. The molecule has 1 saturated heterocycles. The van der Waals surface area contributed by atoms with Gasteiger partial charge in [0.2, 0.25) is 0 Å². The first-order chi connectivity index (χ1) is 17.2. The summed E-state index contributed by atoms with van der Waals surface area (Å²) in [4.78, 5) is 27.0. The topological polar surface area (TPSA) is 61.4 Å². The maximum absolute atomic E-state index is 13.2. The predicted octanol–water partition coefficient (Wildman–Crippen LogP) is 5.07. The number of nitrogens with one attached hydrogen (secondary N) is 1. The van der Waals surface area contributed by atoms with Crippen LogP contribution in [0.25, 0.3) is 5.57 Å². The zero-order chi connectivity index (χ0) is 24.0. The minimum atomic E-state index is -0.00189. The van der Waals surface area contributed by atoms with Crippen LogP contribution >= 0.6 is 0 Å². The lowest BCUT2D eigenvalue weighted by molar-refractivity contribution is -0.113. The molecule has 1 N–H and O–H groups in total. The summed E-state index contributed by atoms with van der Waals surface area (Å²) in [6.07, 6.45) is 7.60. The van der Waals surface area contributed by atoms with E-state index in [9.17, 15) is 4.79 Å². The Morgan fingerprint density at radius 1 is 0.914 bits per heavy atom. The Kier molecular flexibility index (Phi) is 7.19. The number of pyridine rings is 2. The van der Waals surface area contributed by atoms with E-state index in [1.165, 1.54) is 11.1 Å². The Morgan fingerprint density at radius 2 is 1.71 bits per heavy atom. The average molecular weight is 468 g/mol. The third-order valence-electron chi connectivity index (χ3n) is 6.96. The maximum Gasteiger partial charge on any atom is 0.251 e. The molecule has 5 rings (SSSR count). The number of hydrogen-bond donors (Lipinski definition) is 1. The third kappa shape index (κ3) is 5.77. The summed E-state index contributed by atoms with van der Waals surface area (Å²) >= 11 is 0. The standard InChI is InChI=1S/C29H33N5O/c1-22-9-11-23(12-10-22)26-7-2-3-8-27(26)29(35)32-24-13-14-28(31-20-24)34-18-16-33(17-19-34)21-25-6-4-5-15-30-25/h4-6,9-15,20H,2-3,7-8,16-19,21H2,1H3,(H,32,35). The number of carbonyl (C=O) groups excluding carboxylic acids is 1. The highest BCUT2D eigenvalue weighted by atomic mass is 16.1. The summed E-state index contributed by atoms with van der Waals surface area (Å²) in [5.74, 6) is 0.954. The first kappa shape index (κ1) is 23.2. The summed E-state index contributed by atoms with van der Waals surface area (Å²) in [6, 6.07) is 18.6. The van der Waals surface area contributed by atoms with Crippen LogP contribution in [0.4, 0.5) is 11.5 Å². The predicted molar refractivity (Wildman–Crippen MR) is 141 cm³/mol. The van der Waals surface area contributed by atoms with Crippen molar-refractivity contribution in [1.82, 2.24) is 14.9 Å². The quantitative estimate of drug-likeness (QED) is 0.548. The van der Waals surface area contributed by atoms with Crippen LogP contribution in [0.5, 0.6) is 0 Å². The highest BCUT2D eigenvalue weighted by Gasteiger charge is 2.21. The maximum atomic E-state index is 13.2. The number of nitrogens with zero attached hydrogens (tertiary/aromatic N) is 4. The Morgan fingerprint density at radius 3 is 2.43 bits per heavy atom. The number of carbonyl (C=O) groups is 1. The van der Waals surface area contributed by atoms with E-state index >= 15 is 0 Å². The van der Waals surface area contributed by atoms with Crippen LogP contribution in [0.2, 0.25) is 0 Å². The largest absolute Gasteiger partial charge is 0.354 e. The molecule has 6 heteroatoms. The fourth-order valence-electron chi connectivity index (χ4n) is 4.94. The number of aromatic nitrogens is 2. The number of hydrogen-bond acceptors (Lipinski definition) is 5. The minimum Gasteiger partial charge on any atom is -0.354 e. The summed E-state index contributed by atoms with van der Waals surface area (Å²) in [5, 5.41) is 3.09. The van der Waals surface area contributed by atoms with E-state index in [2.05, 4.69) is 62.3 Å². The van der Waals surface area contributed by atoms with Crippen LogP contribution < -0.4 is 10.2 Å². The second-order valence-electron chi connectivity index (χ2n) is 9.47. The molecule has 0 bridgehead atoms. The van der Waals surface area contributed by atoms with Crippen LogP contribution in [-0.4, -0.2) is 47.0 Å². The van der Waals surface area contributed by atoms with Crippen molar-refractivity contribution in [3.8, 4) is 0 Å². The van der Waals surface area contributed by atoms with Crippen molar-refractivity contribution in [3.63, 3.8) is 0 Å². The highest BCUT2D eigenvalue weighted by molar-refractivity contribution is 6.09. The lowest BCUT2D eigenvalue weighted by Gasteiger charge is -2.35. The molecular formula is C29H33N5O. The number of piperazine rings is 1. The smallest absolute Gasteiger partial charge is 0.251 e. The lowest BCUT2D eigenvalue weighted by atomic mass is 9.86. The summed E-state index contributed by atoms with van der Waals surface area (Å²) < 4.78 is 0. The van der Waals surface area contributed by atoms with Crippen LogP contribution in [0, 0.1) is 6.92 Å². The van der Waals surface area contributed by atoms with E-state index in [1.54, 1.807) is 6.20 Å². The van der Waals surface area contributed by atoms with Crippen molar-refractivity contribution in [1.29, 1.82) is 0 Å². The highest BCUT2D eigenvalue weighted by Crippen LogP contribution is 2.33. The molecule has 3 aromatic rings. The van der Waals surface area contributed by atoms with E-state index in [0.717, 1.165) is 86.7 Å². The van der Waals surface area contributed by atoms with Gasteiger partial charge in [0.15, 0.2) is 0 Å². The molecule has 0 saturated carbocycles. The Balaban J connectivity index is 1.20. The van der Waals surface area contributed by atoms with E-state index < -0.39 is 0 Å². The van der Waals surface area contributed by atoms with Crippen molar-refractivity contribution in [2.45, 2.75) is 39.2 Å². The van der Waals surface area contributed by atoms with E-state index in [0.29, 0.717) is 0 Å². The van der Waals surface area contributed by atoms with Gasteiger partial charge in [-0.15, -0.1) is 0 Å². The van der Waals surface area contributed by atoms with Gasteiger partial charge in [0.1, 0.15) is 5.82 Å². The number of allylic oxidation sites excluding steroid dienone is 1. The van der Waals surface area contributed by atoms with Gasteiger partial charge in [-0.1, -0.05) is 35.9 Å². The Hall–Kier alpha value is -3.51. The zero-order valence-electron chi connectivity index (χ0n) is 20.4. The summed E-state index contributed by atoms with van der Waals surface area (Å²) in [7, 11) is 0. The van der Waals surface area contributed by atoms with Gasteiger partial charge in [0.25, 0.3) is 5.91 Å². The van der Waals surface area contributed by atoms with Crippen LogP contribution in [0.1, 0.15) is 42.5 Å². The van der Waals surface area contributed by atoms with Gasteiger partial charge in [-0.2, -0.15) is 0 Å². The molecule has 2 aromatic heterocycles. The third-order valence-corrected chi connectivity index (χ3v) is 6.96. The molecule has 1 amide bonds. The van der Waals surface area contributed by atoms with Gasteiger partial charge in [-0.3, -0.25) is 14.7 Å². The molecule has 35 heavy (non-hydrogen) atoms. The average Bonchev–Trinajstić information content (AvgIpc) is 2.91. The lowest BCUT2D eigenvalue weighted by Crippen LogP contribution is -2.46. The van der Waals surface area contributed by atoms with Gasteiger partial charge >= 0.3 is 0 Å². The molecule has 0 spiro atoms. The first-order valence-electron chi connectivity index (χ1n) is 12.6. The number of aryl methyl sites for hydroxylation is 1. The fraction of sp³-hybridized carbons (Fsp3) is 0.345. The second kappa shape index (κ2) is 10.8. The molecule has 1 aromatic carbocycles. The first-order valence-corrected chi connectivity index (χ1v) is 12.6. The van der Waals surface area contributed by atoms with Crippen molar-refractivity contribution in [3.05, 3.63) is 89.4 Å². The Bertz CT molecular complexity index is 1160. The van der Waals surface area contributed by atoms with Crippen molar-refractivity contribution < 1.29 is 4.79 Å². The van der Waals surface area contributed by atoms with E-state index in [1.807, 2.05) is 30.5 Å². The Labute approximate surface area is 207 Å². The molecule has 1 aliphatic heterocycles. The zero-order valence-corrected chi connectivity index (χ0v) is 20.4. The molecule has 180 valence electrons. The molecule has 6 nitrogen and oxygen atoms in total. The van der Waals surface area contributed by atoms with Gasteiger partial charge in [-0.05, 0) is 68.0 Å². The number of anilines is 2. The van der Waals surface area contributed by atoms with Gasteiger partial charge in [0.05, 0.1) is 17.6 Å². The molecule has 0 radical (unpaired) electrons. The normalized spacial score (nSPS) is 16.9. The SMILES string of the molecule is Cc1ccc(C2=C(C(=O)Nc3ccc(N4CCN(Cc5ccccn5)CC4)nc3)CCCC2)cc1. The summed E-state index contributed by atoms with van der Waals surface area (Å²) in [6.45, 7) is 6.79. The molecule has 1 aliphatic carbocycles. The van der Waals surface area contributed by atoms with Gasteiger partial charge in [0, 0.05) is 44.5 Å². The van der Waals surface area contributed by atoms with Crippen LogP contribution in [0.15, 0.2) is 72.6 Å². The molecular weight excluding hydrogens is 434 g/mol. The molecule has 0 unspecified atom stereocenters. The molecule has 2 aliphatic rings. The van der Waals surface area contributed by atoms with E-state index in [-0.39, 0.29) is 5.91 Å².